The molecule has 1 atom stereocenters. The summed E-state index contributed by atoms with van der Waals surface area (Å²) in [6.07, 6.45) is 3.79. The van der Waals surface area contributed by atoms with Gasteiger partial charge in [0.25, 0.3) is 0 Å². The molecule has 0 aliphatic rings. The highest BCUT2D eigenvalue weighted by Crippen LogP contribution is 2.15. The molecule has 6 heteroatoms. The van der Waals surface area contributed by atoms with Crippen LogP contribution in [-0.4, -0.2) is 27.4 Å². The van der Waals surface area contributed by atoms with Crippen LogP contribution in [0.5, 0.6) is 0 Å². The lowest BCUT2D eigenvalue weighted by atomic mass is 10.2. The number of carbonyl (C=O) groups is 1. The highest BCUT2D eigenvalue weighted by Gasteiger charge is 2.13. The molecule has 102 valence electrons. The first-order valence-corrected chi connectivity index (χ1v) is 6.11. The van der Waals surface area contributed by atoms with Crippen molar-refractivity contribution in [2.75, 3.05) is 6.54 Å². The molecule has 19 heavy (non-hydrogen) atoms. The van der Waals surface area contributed by atoms with E-state index >= 15 is 0 Å². The largest absolute Gasteiger partial charge is 0.475 e. The van der Waals surface area contributed by atoms with E-state index < -0.39 is 5.97 Å². The molecule has 0 aliphatic carbocycles. The molecule has 2 heterocycles. The van der Waals surface area contributed by atoms with E-state index in [1.54, 1.807) is 6.07 Å². The van der Waals surface area contributed by atoms with Crippen LogP contribution in [0.25, 0.3) is 0 Å². The zero-order chi connectivity index (χ0) is 13.8. The molecule has 2 aromatic heterocycles. The summed E-state index contributed by atoms with van der Waals surface area (Å²) in [5.41, 5.74) is 1.13. The summed E-state index contributed by atoms with van der Waals surface area (Å²) in [6.45, 7) is 5.41. The van der Waals surface area contributed by atoms with Crippen LogP contribution in [0, 0.1) is 6.92 Å². The lowest BCUT2D eigenvalue weighted by molar-refractivity contribution is 0.0659. The molecule has 0 fully saturated rings. The normalized spacial score (nSPS) is 12.5. The van der Waals surface area contributed by atoms with Crippen LogP contribution < -0.4 is 5.32 Å². The van der Waals surface area contributed by atoms with E-state index in [0.29, 0.717) is 5.76 Å². The summed E-state index contributed by atoms with van der Waals surface area (Å²) in [5, 5.41) is 16.2. The van der Waals surface area contributed by atoms with Crippen LogP contribution >= 0.6 is 0 Å². The monoisotopic (exact) mass is 263 g/mol. The number of carboxylic acid groups (broad SMARTS) is 1. The Balaban J connectivity index is 1.83. The van der Waals surface area contributed by atoms with Gasteiger partial charge in [-0.25, -0.2) is 4.79 Å². The lowest BCUT2D eigenvalue weighted by Crippen LogP contribution is -2.23. The number of rotatable bonds is 6. The van der Waals surface area contributed by atoms with Crippen molar-refractivity contribution in [1.29, 1.82) is 0 Å². The first kappa shape index (κ1) is 13.4. The first-order valence-electron chi connectivity index (χ1n) is 6.11. The second-order valence-electron chi connectivity index (χ2n) is 4.46. The highest BCUT2D eigenvalue weighted by atomic mass is 16.4. The average molecular weight is 263 g/mol. The number of aromatic nitrogens is 2. The van der Waals surface area contributed by atoms with Crippen LogP contribution in [0.3, 0.4) is 0 Å². The topological polar surface area (TPSA) is 80.3 Å². The van der Waals surface area contributed by atoms with E-state index in [4.69, 9.17) is 9.52 Å². The van der Waals surface area contributed by atoms with Crippen molar-refractivity contribution >= 4 is 5.97 Å². The Morgan fingerprint density at radius 2 is 2.37 bits per heavy atom. The van der Waals surface area contributed by atoms with Gasteiger partial charge in [-0.2, -0.15) is 5.10 Å². The molecule has 2 N–H and O–H groups in total. The fourth-order valence-corrected chi connectivity index (χ4v) is 1.79. The van der Waals surface area contributed by atoms with E-state index in [1.807, 2.05) is 30.9 Å². The number of furan rings is 1. The van der Waals surface area contributed by atoms with Gasteiger partial charge in [0.15, 0.2) is 0 Å². The molecule has 6 nitrogen and oxygen atoms in total. The fourth-order valence-electron chi connectivity index (χ4n) is 1.79. The molecule has 0 saturated carbocycles. The van der Waals surface area contributed by atoms with Crippen molar-refractivity contribution in [2.24, 2.45) is 0 Å². The van der Waals surface area contributed by atoms with E-state index in [9.17, 15) is 4.79 Å². The minimum atomic E-state index is -1.05. The molecule has 0 aliphatic heterocycles. The van der Waals surface area contributed by atoms with Gasteiger partial charge >= 0.3 is 5.97 Å². The molecule has 0 saturated heterocycles. The van der Waals surface area contributed by atoms with Crippen LogP contribution in [-0.2, 0) is 6.54 Å². The predicted molar refractivity (Wildman–Crippen MR) is 69.0 cm³/mol. The van der Waals surface area contributed by atoms with Crippen molar-refractivity contribution in [3.63, 3.8) is 0 Å². The van der Waals surface area contributed by atoms with Crippen LogP contribution in [0.4, 0.5) is 0 Å². The van der Waals surface area contributed by atoms with E-state index in [1.165, 1.54) is 6.07 Å². The van der Waals surface area contributed by atoms with Gasteiger partial charge in [0.2, 0.25) is 5.76 Å². The molecule has 1 unspecified atom stereocenters. The van der Waals surface area contributed by atoms with Crippen molar-refractivity contribution in [2.45, 2.75) is 26.4 Å². The minimum Gasteiger partial charge on any atom is -0.475 e. The Hall–Kier alpha value is -2.08. The maximum Gasteiger partial charge on any atom is 0.371 e. The quantitative estimate of drug-likeness (QED) is 0.831. The Kier molecular flexibility index (Phi) is 4.01. The van der Waals surface area contributed by atoms with Crippen molar-refractivity contribution in [3.05, 3.63) is 41.6 Å². The van der Waals surface area contributed by atoms with Crippen molar-refractivity contribution in [1.82, 2.24) is 15.1 Å². The number of nitrogens with zero attached hydrogens (tertiary/aromatic N) is 2. The molecular weight excluding hydrogens is 246 g/mol. The van der Waals surface area contributed by atoms with Crippen LogP contribution in [0.1, 0.15) is 34.8 Å². The van der Waals surface area contributed by atoms with Gasteiger partial charge in [0.1, 0.15) is 5.76 Å². The first-order chi connectivity index (χ1) is 9.06. The number of hydrogen-bond donors (Lipinski definition) is 2. The van der Waals surface area contributed by atoms with E-state index in [2.05, 4.69) is 10.4 Å². The third-order valence-corrected chi connectivity index (χ3v) is 2.82. The van der Waals surface area contributed by atoms with Gasteiger partial charge in [-0.15, -0.1) is 0 Å². The Morgan fingerprint density at radius 1 is 1.58 bits per heavy atom. The Bertz CT molecular complexity index is 559. The second kappa shape index (κ2) is 5.71. The molecule has 0 spiro atoms. The molecular formula is C13H17N3O3. The minimum absolute atomic E-state index is 0.0358. The van der Waals surface area contributed by atoms with Gasteiger partial charge in [-0.3, -0.25) is 4.68 Å². The summed E-state index contributed by atoms with van der Waals surface area (Å²) >= 11 is 0. The molecule has 0 radical (unpaired) electrons. The van der Waals surface area contributed by atoms with Crippen LogP contribution in [0.2, 0.25) is 0 Å². The van der Waals surface area contributed by atoms with Gasteiger partial charge in [0, 0.05) is 12.7 Å². The molecule has 2 rings (SSSR count). The third-order valence-electron chi connectivity index (χ3n) is 2.82. The lowest BCUT2D eigenvalue weighted by Gasteiger charge is -2.11. The number of nitrogens with one attached hydrogen (secondary N) is 1. The van der Waals surface area contributed by atoms with E-state index in [0.717, 1.165) is 18.7 Å². The smallest absolute Gasteiger partial charge is 0.371 e. The number of aromatic carboxylic acids is 1. The summed E-state index contributed by atoms with van der Waals surface area (Å²) in [5.74, 6) is -0.467. The summed E-state index contributed by atoms with van der Waals surface area (Å²) in [6, 6.07) is 3.11. The number of carboxylic acids is 1. The van der Waals surface area contributed by atoms with Gasteiger partial charge in [0.05, 0.1) is 18.8 Å². The fraction of sp³-hybridized carbons (Fsp3) is 0.385. The van der Waals surface area contributed by atoms with Gasteiger partial charge in [-0.05, 0) is 31.5 Å². The van der Waals surface area contributed by atoms with Crippen LogP contribution in [0.15, 0.2) is 28.9 Å². The van der Waals surface area contributed by atoms with Gasteiger partial charge in [-0.1, -0.05) is 0 Å². The Labute approximate surface area is 111 Å². The average Bonchev–Trinajstić information content (AvgIpc) is 2.98. The maximum atomic E-state index is 10.7. The summed E-state index contributed by atoms with van der Waals surface area (Å²) in [4.78, 5) is 10.7. The standard InChI is InChI=1S/C13H17N3O3/c1-9-7-15-16(8-9)6-5-14-10(2)11-3-4-12(19-11)13(17)18/h3-4,7-8,10,14H,5-6H2,1-2H3,(H,17,18). The van der Waals surface area contributed by atoms with E-state index in [-0.39, 0.29) is 11.8 Å². The van der Waals surface area contributed by atoms with Crippen molar-refractivity contribution in [3.8, 4) is 0 Å². The summed E-state index contributed by atoms with van der Waals surface area (Å²) < 4.78 is 7.09. The predicted octanol–water partition coefficient (Wildman–Crippen LogP) is 1.83. The number of hydrogen-bond acceptors (Lipinski definition) is 4. The SMILES string of the molecule is Cc1cnn(CCNC(C)c2ccc(C(=O)O)o2)c1. The number of aryl methyl sites for hydroxylation is 1. The maximum absolute atomic E-state index is 10.7. The Morgan fingerprint density at radius 3 is 2.95 bits per heavy atom. The van der Waals surface area contributed by atoms with Gasteiger partial charge < -0.3 is 14.8 Å². The summed E-state index contributed by atoms with van der Waals surface area (Å²) in [7, 11) is 0. The highest BCUT2D eigenvalue weighted by molar-refractivity contribution is 5.84. The molecule has 0 bridgehead atoms. The molecule has 2 aromatic rings. The second-order valence-corrected chi connectivity index (χ2v) is 4.46. The third kappa shape index (κ3) is 3.45. The zero-order valence-electron chi connectivity index (χ0n) is 11.0. The molecule has 0 amide bonds. The zero-order valence-corrected chi connectivity index (χ0v) is 11.0. The molecule has 0 aromatic carbocycles. The van der Waals surface area contributed by atoms with Crippen molar-refractivity contribution < 1.29 is 14.3 Å².